The molecule has 1 N–H and O–H groups in total. The lowest BCUT2D eigenvalue weighted by molar-refractivity contribution is -0.384. The second kappa shape index (κ2) is 5.62. The Hall–Kier alpha value is -2.91. The molecule has 0 aliphatic carbocycles. The quantitative estimate of drug-likeness (QED) is 0.441. The van der Waals surface area contributed by atoms with Gasteiger partial charge in [-0.05, 0) is 18.2 Å². The van der Waals surface area contributed by atoms with Gasteiger partial charge in [0, 0.05) is 17.7 Å². The Morgan fingerprint density at radius 3 is 2.96 bits per heavy atom. The Morgan fingerprint density at radius 1 is 1.25 bits per heavy atom. The molecule has 0 spiro atoms. The van der Waals surface area contributed by atoms with E-state index in [1.807, 2.05) is 12.1 Å². The maximum atomic E-state index is 12.3. The minimum absolute atomic E-state index is 0.129. The zero-order valence-electron chi connectivity index (χ0n) is 11.9. The molecule has 0 radical (unpaired) electrons. The van der Waals surface area contributed by atoms with Crippen LogP contribution >= 0.6 is 22.7 Å². The number of aromatic nitrogens is 2. The summed E-state index contributed by atoms with van der Waals surface area (Å²) in [4.78, 5) is 31.3. The average molecular weight is 356 g/mol. The van der Waals surface area contributed by atoms with E-state index in [1.54, 1.807) is 16.8 Å². The molecule has 0 saturated heterocycles. The first kappa shape index (κ1) is 14.7. The van der Waals surface area contributed by atoms with Crippen molar-refractivity contribution < 1.29 is 9.72 Å². The van der Waals surface area contributed by atoms with E-state index < -0.39 is 10.8 Å². The molecular formula is C15H8N4O3S2. The van der Waals surface area contributed by atoms with Gasteiger partial charge in [0.1, 0.15) is 5.52 Å². The van der Waals surface area contributed by atoms with Crippen molar-refractivity contribution in [2.45, 2.75) is 0 Å². The van der Waals surface area contributed by atoms with Crippen molar-refractivity contribution in [2.24, 2.45) is 0 Å². The van der Waals surface area contributed by atoms with Crippen molar-refractivity contribution in [1.29, 1.82) is 0 Å². The molecule has 0 unspecified atom stereocenters. The van der Waals surface area contributed by atoms with Gasteiger partial charge in [-0.15, -0.1) is 11.3 Å². The van der Waals surface area contributed by atoms with Crippen molar-refractivity contribution in [3.63, 3.8) is 0 Å². The lowest BCUT2D eigenvalue weighted by Crippen LogP contribution is -2.11. The molecular weight excluding hydrogens is 348 g/mol. The Balaban J connectivity index is 1.67. The van der Waals surface area contributed by atoms with Crippen LogP contribution in [0.3, 0.4) is 0 Å². The Bertz CT molecular complexity index is 1100. The monoisotopic (exact) mass is 356 g/mol. The zero-order valence-corrected chi connectivity index (χ0v) is 13.6. The van der Waals surface area contributed by atoms with Crippen LogP contribution in [0.4, 0.5) is 10.8 Å². The molecule has 0 bridgehead atoms. The van der Waals surface area contributed by atoms with Crippen LogP contribution in [0.15, 0.2) is 41.9 Å². The van der Waals surface area contributed by atoms with Crippen LogP contribution in [0.1, 0.15) is 10.4 Å². The van der Waals surface area contributed by atoms with E-state index in [2.05, 4.69) is 15.3 Å². The van der Waals surface area contributed by atoms with Gasteiger partial charge < -0.3 is 0 Å². The van der Waals surface area contributed by atoms with Gasteiger partial charge in [0.2, 0.25) is 0 Å². The van der Waals surface area contributed by atoms with Gasteiger partial charge in [-0.1, -0.05) is 17.4 Å². The number of non-ortho nitro benzene ring substituents is 1. The summed E-state index contributed by atoms with van der Waals surface area (Å²) in [7, 11) is 0. The number of fused-ring (bicyclic) bond motifs is 3. The number of carbonyl (C=O) groups excluding carboxylic acids is 1. The van der Waals surface area contributed by atoms with Gasteiger partial charge in [0.15, 0.2) is 5.13 Å². The number of nitrogens with one attached hydrogen (secondary N) is 1. The molecule has 1 amide bonds. The number of carbonyl (C=O) groups is 1. The van der Waals surface area contributed by atoms with Gasteiger partial charge in [0.25, 0.3) is 11.6 Å². The molecule has 2 aromatic heterocycles. The SMILES string of the molecule is O=C(Nc1nc2ccc3scnc3c2s1)c1cccc([N+](=O)[O-])c1. The fourth-order valence-corrected chi connectivity index (χ4v) is 4.00. The van der Waals surface area contributed by atoms with Gasteiger partial charge in [-0.25, -0.2) is 9.97 Å². The van der Waals surface area contributed by atoms with Gasteiger partial charge >= 0.3 is 0 Å². The molecule has 0 aliphatic heterocycles. The number of rotatable bonds is 3. The van der Waals surface area contributed by atoms with Crippen LogP contribution in [-0.4, -0.2) is 20.8 Å². The lowest BCUT2D eigenvalue weighted by atomic mass is 10.2. The highest BCUT2D eigenvalue weighted by Gasteiger charge is 2.15. The standard InChI is InChI=1S/C15H8N4O3S2/c20-14(8-2-1-3-9(6-8)19(21)22)18-15-17-10-4-5-11-12(13(10)24-15)16-7-23-11/h1-7H,(H,17,18,20). The predicted octanol–water partition coefficient (Wildman–Crippen LogP) is 4.07. The summed E-state index contributed by atoms with van der Waals surface area (Å²) in [5, 5.41) is 13.9. The minimum atomic E-state index is -0.534. The molecule has 2 aromatic carbocycles. The molecule has 0 atom stereocenters. The van der Waals surface area contributed by atoms with Crippen LogP contribution < -0.4 is 5.32 Å². The van der Waals surface area contributed by atoms with E-state index in [1.165, 1.54) is 35.6 Å². The summed E-state index contributed by atoms with van der Waals surface area (Å²) in [6, 6.07) is 9.41. The molecule has 0 fully saturated rings. The van der Waals surface area contributed by atoms with Gasteiger partial charge in [-0.3, -0.25) is 20.2 Å². The van der Waals surface area contributed by atoms with Gasteiger partial charge in [0.05, 0.1) is 25.4 Å². The van der Waals surface area contributed by atoms with E-state index in [9.17, 15) is 14.9 Å². The van der Waals surface area contributed by atoms with Crippen LogP contribution in [0.5, 0.6) is 0 Å². The van der Waals surface area contributed by atoms with Crippen molar-refractivity contribution in [3.8, 4) is 0 Å². The zero-order chi connectivity index (χ0) is 16.7. The summed E-state index contributed by atoms with van der Waals surface area (Å²) >= 11 is 2.88. The normalized spacial score (nSPS) is 11.0. The third kappa shape index (κ3) is 2.49. The fourth-order valence-electron chi connectivity index (χ4n) is 2.30. The van der Waals surface area contributed by atoms with Crippen molar-refractivity contribution in [2.75, 3.05) is 5.32 Å². The maximum Gasteiger partial charge on any atom is 0.270 e. The number of hydrogen-bond acceptors (Lipinski definition) is 7. The molecule has 118 valence electrons. The highest BCUT2D eigenvalue weighted by molar-refractivity contribution is 7.24. The summed E-state index contributed by atoms with van der Waals surface area (Å²) in [6.07, 6.45) is 0. The largest absolute Gasteiger partial charge is 0.298 e. The third-order valence-corrected chi connectivity index (χ3v) is 5.18. The number of amides is 1. The second-order valence-electron chi connectivity index (χ2n) is 4.89. The Morgan fingerprint density at radius 2 is 2.12 bits per heavy atom. The Kier molecular flexibility index (Phi) is 3.44. The second-order valence-corrected chi connectivity index (χ2v) is 6.78. The van der Waals surface area contributed by atoms with E-state index in [0.717, 1.165) is 20.4 Å². The number of benzene rings is 2. The molecule has 0 saturated carbocycles. The van der Waals surface area contributed by atoms with Crippen LogP contribution in [-0.2, 0) is 0 Å². The molecule has 7 nitrogen and oxygen atoms in total. The van der Waals surface area contributed by atoms with Crippen LogP contribution in [0.25, 0.3) is 20.4 Å². The lowest BCUT2D eigenvalue weighted by Gasteiger charge is -2.01. The average Bonchev–Trinajstić information content (AvgIpc) is 3.20. The van der Waals surface area contributed by atoms with E-state index >= 15 is 0 Å². The number of thiazole rings is 2. The highest BCUT2D eigenvalue weighted by Crippen LogP contribution is 2.33. The molecule has 24 heavy (non-hydrogen) atoms. The van der Waals surface area contributed by atoms with Gasteiger partial charge in [-0.2, -0.15) is 0 Å². The number of nitro groups is 1. The molecule has 2 heterocycles. The molecule has 4 aromatic rings. The maximum absolute atomic E-state index is 12.3. The topological polar surface area (TPSA) is 98.0 Å². The first-order valence-corrected chi connectivity index (χ1v) is 8.50. The summed E-state index contributed by atoms with van der Waals surface area (Å²) in [6.45, 7) is 0. The molecule has 4 rings (SSSR count). The van der Waals surface area contributed by atoms with Crippen LogP contribution in [0.2, 0.25) is 0 Å². The summed E-state index contributed by atoms with van der Waals surface area (Å²) in [5.41, 5.74) is 3.47. The first-order valence-electron chi connectivity index (χ1n) is 6.80. The van der Waals surface area contributed by atoms with E-state index in [0.29, 0.717) is 5.13 Å². The van der Waals surface area contributed by atoms with Crippen molar-refractivity contribution >= 4 is 59.8 Å². The molecule has 0 aliphatic rings. The smallest absolute Gasteiger partial charge is 0.270 e. The minimum Gasteiger partial charge on any atom is -0.298 e. The number of nitro benzene ring substituents is 1. The highest BCUT2D eigenvalue weighted by atomic mass is 32.1. The number of nitrogens with zero attached hydrogens (tertiary/aromatic N) is 3. The molecule has 9 heteroatoms. The first-order chi connectivity index (χ1) is 11.6. The van der Waals surface area contributed by atoms with Crippen LogP contribution in [0, 0.1) is 10.1 Å². The summed E-state index contributed by atoms with van der Waals surface area (Å²) < 4.78 is 1.96. The fraction of sp³-hybridized carbons (Fsp3) is 0. The number of anilines is 1. The number of hydrogen-bond donors (Lipinski definition) is 1. The Labute approximate surface area is 142 Å². The van der Waals surface area contributed by atoms with Crippen molar-refractivity contribution in [1.82, 2.24) is 9.97 Å². The van der Waals surface area contributed by atoms with E-state index in [-0.39, 0.29) is 11.3 Å². The van der Waals surface area contributed by atoms with Crippen molar-refractivity contribution in [3.05, 3.63) is 57.6 Å². The summed E-state index contributed by atoms with van der Waals surface area (Å²) in [5.74, 6) is -0.438. The third-order valence-electron chi connectivity index (χ3n) is 3.40. The van der Waals surface area contributed by atoms with E-state index in [4.69, 9.17) is 0 Å². The predicted molar refractivity (Wildman–Crippen MR) is 93.8 cm³/mol.